The second-order valence-electron chi connectivity index (χ2n) is 6.66. The van der Waals surface area contributed by atoms with Gasteiger partial charge >= 0.3 is 0 Å². The van der Waals surface area contributed by atoms with Crippen LogP contribution in [0.1, 0.15) is 20.3 Å². The zero-order chi connectivity index (χ0) is 17.6. The topological polar surface area (TPSA) is 39.7 Å². The highest BCUT2D eigenvalue weighted by Crippen LogP contribution is 2.18. The lowest BCUT2D eigenvalue weighted by Crippen LogP contribution is -2.46. The van der Waals surface area contributed by atoms with Crippen LogP contribution in [0.3, 0.4) is 0 Å². The van der Waals surface area contributed by atoms with Crippen LogP contribution in [-0.4, -0.2) is 66.5 Å². The molecular weight excluding hydrogens is 312 g/mol. The molecule has 1 aliphatic heterocycles. The van der Waals surface area contributed by atoms with Gasteiger partial charge in [-0.05, 0) is 37.7 Å². The number of likely N-dealkylation sites (N-methyl/N-ethyl adjacent to an activating group) is 1. The molecule has 1 aromatic carbocycles. The van der Waals surface area contributed by atoms with Crippen LogP contribution < -0.4 is 4.90 Å². The maximum atomic E-state index is 12.1. The first kappa shape index (κ1) is 17.8. The van der Waals surface area contributed by atoms with Crippen molar-refractivity contribution >= 4 is 22.6 Å². The van der Waals surface area contributed by atoms with Crippen LogP contribution in [0.15, 0.2) is 36.4 Å². The highest BCUT2D eigenvalue weighted by Gasteiger charge is 2.17. The summed E-state index contributed by atoms with van der Waals surface area (Å²) in [4.78, 5) is 23.6. The molecule has 0 aliphatic carbocycles. The van der Waals surface area contributed by atoms with E-state index in [1.807, 2.05) is 36.4 Å². The Morgan fingerprint density at radius 3 is 2.52 bits per heavy atom. The average molecular weight is 340 g/mol. The summed E-state index contributed by atoms with van der Waals surface area (Å²) >= 11 is 0. The van der Waals surface area contributed by atoms with Gasteiger partial charge in [0, 0.05) is 45.0 Å². The van der Waals surface area contributed by atoms with E-state index in [4.69, 9.17) is 0 Å². The molecule has 0 radical (unpaired) electrons. The van der Waals surface area contributed by atoms with Crippen LogP contribution in [-0.2, 0) is 4.79 Å². The highest BCUT2D eigenvalue weighted by atomic mass is 16.2. The number of carbonyl (C=O) groups excluding carboxylic acids is 1. The van der Waals surface area contributed by atoms with Crippen LogP contribution >= 0.6 is 0 Å². The Kier molecular flexibility index (Phi) is 6.00. The molecule has 1 fully saturated rings. The highest BCUT2D eigenvalue weighted by molar-refractivity contribution is 5.92. The minimum absolute atomic E-state index is 0.0542. The molecule has 0 saturated carbocycles. The number of anilines is 1. The molecular formula is C20H28N4O. The van der Waals surface area contributed by atoms with E-state index in [9.17, 15) is 4.79 Å². The SMILES string of the molecule is CCN1CCN(CCCN(C(C)=O)c2ccc3ccccc3n2)CC1. The van der Waals surface area contributed by atoms with E-state index in [1.54, 1.807) is 11.8 Å². The average Bonchev–Trinajstić information content (AvgIpc) is 2.65. The number of hydrogen-bond acceptors (Lipinski definition) is 4. The Hall–Kier alpha value is -1.98. The van der Waals surface area contributed by atoms with Crippen molar-refractivity contribution in [2.75, 3.05) is 50.7 Å². The van der Waals surface area contributed by atoms with Gasteiger partial charge in [0.05, 0.1) is 5.52 Å². The second-order valence-corrected chi connectivity index (χ2v) is 6.66. The third kappa shape index (κ3) is 4.55. The molecule has 2 aromatic rings. The second kappa shape index (κ2) is 8.41. The number of aromatic nitrogens is 1. The molecule has 0 unspecified atom stereocenters. The molecule has 5 heteroatoms. The van der Waals surface area contributed by atoms with Gasteiger partial charge < -0.3 is 9.80 Å². The predicted octanol–water partition coefficient (Wildman–Crippen LogP) is 2.62. The molecule has 1 aromatic heterocycles. The van der Waals surface area contributed by atoms with Crippen molar-refractivity contribution in [1.82, 2.24) is 14.8 Å². The largest absolute Gasteiger partial charge is 0.301 e. The molecule has 134 valence electrons. The van der Waals surface area contributed by atoms with Crippen molar-refractivity contribution in [3.63, 3.8) is 0 Å². The van der Waals surface area contributed by atoms with E-state index in [1.165, 1.54) is 0 Å². The van der Waals surface area contributed by atoms with Crippen LogP contribution in [0.2, 0.25) is 0 Å². The van der Waals surface area contributed by atoms with Crippen LogP contribution in [0, 0.1) is 0 Å². The number of piperazine rings is 1. The van der Waals surface area contributed by atoms with E-state index in [2.05, 4.69) is 21.7 Å². The van der Waals surface area contributed by atoms with E-state index >= 15 is 0 Å². The molecule has 0 atom stereocenters. The summed E-state index contributed by atoms with van der Waals surface area (Å²) in [5.74, 6) is 0.806. The summed E-state index contributed by atoms with van der Waals surface area (Å²) in [6, 6.07) is 12.0. The molecule has 25 heavy (non-hydrogen) atoms. The molecule has 0 N–H and O–H groups in total. The lowest BCUT2D eigenvalue weighted by molar-refractivity contribution is -0.116. The Bertz CT molecular complexity index is 710. The summed E-state index contributed by atoms with van der Waals surface area (Å²) in [7, 11) is 0. The minimum Gasteiger partial charge on any atom is -0.301 e. The van der Waals surface area contributed by atoms with Crippen molar-refractivity contribution in [1.29, 1.82) is 0 Å². The number of hydrogen-bond donors (Lipinski definition) is 0. The maximum Gasteiger partial charge on any atom is 0.225 e. The van der Waals surface area contributed by atoms with Gasteiger partial charge in [-0.1, -0.05) is 25.1 Å². The zero-order valence-corrected chi connectivity index (χ0v) is 15.3. The first-order chi connectivity index (χ1) is 12.2. The Morgan fingerprint density at radius 2 is 1.80 bits per heavy atom. The first-order valence-corrected chi connectivity index (χ1v) is 9.26. The van der Waals surface area contributed by atoms with Gasteiger partial charge in [-0.15, -0.1) is 0 Å². The molecule has 1 saturated heterocycles. The Balaban J connectivity index is 1.58. The summed E-state index contributed by atoms with van der Waals surface area (Å²) in [6.07, 6.45) is 0.972. The van der Waals surface area contributed by atoms with E-state index in [0.717, 1.165) is 62.4 Å². The van der Waals surface area contributed by atoms with Gasteiger partial charge in [0.1, 0.15) is 5.82 Å². The number of para-hydroxylation sites is 1. The number of fused-ring (bicyclic) bond motifs is 1. The van der Waals surface area contributed by atoms with Gasteiger partial charge in [0.15, 0.2) is 0 Å². The lowest BCUT2D eigenvalue weighted by Gasteiger charge is -2.34. The monoisotopic (exact) mass is 340 g/mol. The summed E-state index contributed by atoms with van der Waals surface area (Å²) in [5.41, 5.74) is 0.932. The molecule has 0 spiro atoms. The van der Waals surface area contributed by atoms with Crippen molar-refractivity contribution in [3.05, 3.63) is 36.4 Å². The normalized spacial score (nSPS) is 16.2. The third-order valence-corrected chi connectivity index (χ3v) is 5.01. The summed E-state index contributed by atoms with van der Waals surface area (Å²) < 4.78 is 0. The standard InChI is InChI=1S/C20H28N4O/c1-3-22-13-15-23(16-14-22)11-6-12-24(17(2)25)20-10-9-18-7-4-5-8-19(18)21-20/h4-5,7-10H,3,6,11-16H2,1-2H3. The summed E-state index contributed by atoms with van der Waals surface area (Å²) in [5, 5.41) is 1.10. The van der Waals surface area contributed by atoms with E-state index in [-0.39, 0.29) is 5.91 Å². The Labute approximate surface area is 150 Å². The lowest BCUT2D eigenvalue weighted by atomic mass is 10.2. The number of rotatable bonds is 6. The molecule has 3 rings (SSSR count). The molecule has 5 nitrogen and oxygen atoms in total. The number of benzene rings is 1. The van der Waals surface area contributed by atoms with Gasteiger partial charge in [-0.3, -0.25) is 9.69 Å². The van der Waals surface area contributed by atoms with Crippen LogP contribution in [0.5, 0.6) is 0 Å². The molecule has 1 amide bonds. The Morgan fingerprint density at radius 1 is 1.08 bits per heavy atom. The van der Waals surface area contributed by atoms with Crippen LogP contribution in [0.4, 0.5) is 5.82 Å². The maximum absolute atomic E-state index is 12.1. The van der Waals surface area contributed by atoms with E-state index in [0.29, 0.717) is 6.54 Å². The van der Waals surface area contributed by atoms with Crippen molar-refractivity contribution in [2.45, 2.75) is 20.3 Å². The molecule has 1 aliphatic rings. The number of carbonyl (C=O) groups is 1. The van der Waals surface area contributed by atoms with Gasteiger partial charge in [0.25, 0.3) is 0 Å². The zero-order valence-electron chi connectivity index (χ0n) is 15.3. The van der Waals surface area contributed by atoms with Gasteiger partial charge in [-0.25, -0.2) is 4.98 Å². The first-order valence-electron chi connectivity index (χ1n) is 9.26. The van der Waals surface area contributed by atoms with Gasteiger partial charge in [-0.2, -0.15) is 0 Å². The molecule has 2 heterocycles. The summed E-state index contributed by atoms with van der Waals surface area (Å²) in [6.45, 7) is 11.3. The predicted molar refractivity (Wildman–Crippen MR) is 103 cm³/mol. The fraction of sp³-hybridized carbons (Fsp3) is 0.500. The third-order valence-electron chi connectivity index (χ3n) is 5.01. The van der Waals surface area contributed by atoms with Crippen molar-refractivity contribution in [3.8, 4) is 0 Å². The van der Waals surface area contributed by atoms with Crippen LogP contribution in [0.25, 0.3) is 10.9 Å². The minimum atomic E-state index is 0.0542. The number of nitrogens with zero attached hydrogens (tertiary/aromatic N) is 4. The van der Waals surface area contributed by atoms with Gasteiger partial charge in [0.2, 0.25) is 5.91 Å². The quantitative estimate of drug-likeness (QED) is 0.810. The van der Waals surface area contributed by atoms with E-state index < -0.39 is 0 Å². The number of pyridine rings is 1. The van der Waals surface area contributed by atoms with Crippen molar-refractivity contribution in [2.24, 2.45) is 0 Å². The smallest absolute Gasteiger partial charge is 0.225 e. The van der Waals surface area contributed by atoms with Crippen molar-refractivity contribution < 1.29 is 4.79 Å². The fourth-order valence-electron chi connectivity index (χ4n) is 3.42. The molecule has 0 bridgehead atoms. The fourth-order valence-corrected chi connectivity index (χ4v) is 3.42. The number of amides is 1.